The lowest BCUT2D eigenvalue weighted by atomic mass is 10.2. The second-order valence-corrected chi connectivity index (χ2v) is 6.90. The van der Waals surface area contributed by atoms with Gasteiger partial charge in [0.1, 0.15) is 11.6 Å². The monoisotopic (exact) mass is 364 g/mol. The summed E-state index contributed by atoms with van der Waals surface area (Å²) in [5.41, 5.74) is 3.80. The van der Waals surface area contributed by atoms with Crippen molar-refractivity contribution >= 4 is 46.0 Å². The highest BCUT2D eigenvalue weighted by atomic mass is 32.2. The third kappa shape index (κ3) is 3.13. The highest BCUT2D eigenvalue weighted by molar-refractivity contribution is 8.00. The van der Waals surface area contributed by atoms with Gasteiger partial charge in [0.25, 0.3) is 0 Å². The SMILES string of the molecule is Cc1nc2ccccc2nc1SCC(=O)N1CC(=O)Nc2ccccc21. The summed E-state index contributed by atoms with van der Waals surface area (Å²) in [7, 11) is 0. The maximum absolute atomic E-state index is 12.7. The van der Waals surface area contributed by atoms with Crippen molar-refractivity contribution in [3.8, 4) is 0 Å². The van der Waals surface area contributed by atoms with Crippen LogP contribution in [0.2, 0.25) is 0 Å². The van der Waals surface area contributed by atoms with Gasteiger partial charge in [-0.15, -0.1) is 0 Å². The third-order valence-electron chi connectivity index (χ3n) is 4.11. The van der Waals surface area contributed by atoms with E-state index in [0.717, 1.165) is 27.4 Å². The average molecular weight is 364 g/mol. The van der Waals surface area contributed by atoms with E-state index in [4.69, 9.17) is 0 Å². The van der Waals surface area contributed by atoms with E-state index in [1.54, 1.807) is 6.07 Å². The first-order valence-corrected chi connectivity index (χ1v) is 9.16. The molecular weight excluding hydrogens is 348 g/mol. The lowest BCUT2D eigenvalue weighted by molar-refractivity contribution is -0.120. The van der Waals surface area contributed by atoms with Gasteiger partial charge in [0.2, 0.25) is 11.8 Å². The number of para-hydroxylation sites is 4. The summed E-state index contributed by atoms with van der Waals surface area (Å²) in [6.07, 6.45) is 0. The molecule has 1 aliphatic heterocycles. The number of benzene rings is 2. The number of amides is 2. The van der Waals surface area contributed by atoms with Crippen molar-refractivity contribution in [2.75, 3.05) is 22.5 Å². The van der Waals surface area contributed by atoms with Gasteiger partial charge in [-0.1, -0.05) is 36.0 Å². The zero-order chi connectivity index (χ0) is 18.1. The van der Waals surface area contributed by atoms with E-state index in [0.29, 0.717) is 5.69 Å². The Bertz CT molecular complexity index is 1020. The van der Waals surface area contributed by atoms with Gasteiger partial charge in [-0.2, -0.15) is 0 Å². The van der Waals surface area contributed by atoms with Crippen LogP contribution in [0.25, 0.3) is 11.0 Å². The number of aromatic nitrogens is 2. The molecule has 0 saturated carbocycles. The van der Waals surface area contributed by atoms with Gasteiger partial charge in [0.15, 0.2) is 0 Å². The average Bonchev–Trinajstić information content (AvgIpc) is 2.65. The number of fused-ring (bicyclic) bond motifs is 2. The highest BCUT2D eigenvalue weighted by Crippen LogP contribution is 2.30. The molecule has 26 heavy (non-hydrogen) atoms. The fourth-order valence-electron chi connectivity index (χ4n) is 2.87. The second-order valence-electron chi connectivity index (χ2n) is 5.94. The molecule has 0 bridgehead atoms. The van der Waals surface area contributed by atoms with Crippen molar-refractivity contribution in [2.45, 2.75) is 11.9 Å². The number of carbonyl (C=O) groups excluding carboxylic acids is 2. The number of hydrogen-bond acceptors (Lipinski definition) is 5. The van der Waals surface area contributed by atoms with E-state index in [2.05, 4.69) is 15.3 Å². The Morgan fingerprint density at radius 1 is 1.12 bits per heavy atom. The molecule has 0 unspecified atom stereocenters. The molecule has 1 N–H and O–H groups in total. The highest BCUT2D eigenvalue weighted by Gasteiger charge is 2.26. The molecule has 1 aromatic heterocycles. The van der Waals surface area contributed by atoms with Gasteiger partial charge < -0.3 is 10.2 Å². The zero-order valence-corrected chi connectivity index (χ0v) is 14.9. The van der Waals surface area contributed by atoms with Crippen LogP contribution in [-0.2, 0) is 9.59 Å². The van der Waals surface area contributed by atoms with E-state index in [1.807, 2.05) is 49.4 Å². The fraction of sp³-hybridized carbons (Fsp3) is 0.158. The van der Waals surface area contributed by atoms with Gasteiger partial charge in [0, 0.05) is 0 Å². The number of thioether (sulfide) groups is 1. The van der Waals surface area contributed by atoms with Crippen LogP contribution < -0.4 is 10.2 Å². The smallest absolute Gasteiger partial charge is 0.244 e. The van der Waals surface area contributed by atoms with Gasteiger partial charge in [-0.05, 0) is 31.2 Å². The summed E-state index contributed by atoms with van der Waals surface area (Å²) in [5, 5.41) is 3.51. The van der Waals surface area contributed by atoms with Crippen molar-refractivity contribution in [1.82, 2.24) is 9.97 Å². The zero-order valence-electron chi connectivity index (χ0n) is 14.1. The molecule has 0 aliphatic carbocycles. The minimum absolute atomic E-state index is 0.0266. The Labute approximate surface area is 154 Å². The van der Waals surface area contributed by atoms with E-state index in [1.165, 1.54) is 16.7 Å². The molecule has 0 fully saturated rings. The first-order valence-electron chi connectivity index (χ1n) is 8.17. The minimum Gasteiger partial charge on any atom is -0.323 e. The maximum atomic E-state index is 12.7. The van der Waals surface area contributed by atoms with E-state index in [9.17, 15) is 9.59 Å². The van der Waals surface area contributed by atoms with Gasteiger partial charge in [-0.25, -0.2) is 9.97 Å². The topological polar surface area (TPSA) is 75.2 Å². The summed E-state index contributed by atoms with van der Waals surface area (Å²) >= 11 is 1.34. The number of nitrogens with one attached hydrogen (secondary N) is 1. The van der Waals surface area contributed by atoms with Gasteiger partial charge >= 0.3 is 0 Å². The molecule has 1 aliphatic rings. The maximum Gasteiger partial charge on any atom is 0.244 e. The van der Waals surface area contributed by atoms with E-state index < -0.39 is 0 Å². The van der Waals surface area contributed by atoms with Crippen molar-refractivity contribution in [3.05, 3.63) is 54.2 Å². The Hall–Kier alpha value is -2.93. The van der Waals surface area contributed by atoms with Crippen LogP contribution in [0.3, 0.4) is 0 Å². The Balaban J connectivity index is 1.54. The van der Waals surface area contributed by atoms with Gasteiger partial charge in [-0.3, -0.25) is 9.59 Å². The van der Waals surface area contributed by atoms with Crippen LogP contribution in [-0.4, -0.2) is 34.1 Å². The lowest BCUT2D eigenvalue weighted by Crippen LogP contribution is -2.43. The standard InChI is InChI=1S/C19H16N4O2S/c1-12-19(22-14-7-3-2-6-13(14)20-12)26-11-18(25)23-10-17(24)21-15-8-4-5-9-16(15)23/h2-9H,10-11H2,1H3,(H,21,24). The van der Waals surface area contributed by atoms with Crippen LogP contribution in [0.4, 0.5) is 11.4 Å². The minimum atomic E-state index is -0.191. The summed E-state index contributed by atoms with van der Waals surface area (Å²) < 4.78 is 0. The lowest BCUT2D eigenvalue weighted by Gasteiger charge is -2.29. The number of anilines is 2. The van der Waals surface area contributed by atoms with Crippen LogP contribution >= 0.6 is 11.8 Å². The molecule has 6 nitrogen and oxygen atoms in total. The molecular formula is C19H16N4O2S. The first-order chi connectivity index (χ1) is 12.6. The summed E-state index contributed by atoms with van der Waals surface area (Å²) in [4.78, 5) is 35.3. The molecule has 0 radical (unpaired) electrons. The Morgan fingerprint density at radius 3 is 2.62 bits per heavy atom. The summed E-state index contributed by atoms with van der Waals surface area (Å²) in [6, 6.07) is 15.0. The van der Waals surface area contributed by atoms with Crippen molar-refractivity contribution in [1.29, 1.82) is 0 Å². The van der Waals surface area contributed by atoms with Crippen LogP contribution in [0.5, 0.6) is 0 Å². The number of hydrogen-bond donors (Lipinski definition) is 1. The molecule has 2 amide bonds. The molecule has 0 spiro atoms. The van der Waals surface area contributed by atoms with Crippen LogP contribution in [0, 0.1) is 6.92 Å². The normalized spacial score (nSPS) is 13.4. The quantitative estimate of drug-likeness (QED) is 0.723. The third-order valence-corrected chi connectivity index (χ3v) is 5.16. The van der Waals surface area contributed by atoms with Crippen molar-refractivity contribution < 1.29 is 9.59 Å². The molecule has 2 heterocycles. The number of rotatable bonds is 3. The van der Waals surface area contributed by atoms with Crippen LogP contribution in [0.1, 0.15) is 5.69 Å². The number of aryl methyl sites for hydroxylation is 1. The van der Waals surface area contributed by atoms with Crippen molar-refractivity contribution in [3.63, 3.8) is 0 Å². The Kier molecular flexibility index (Phi) is 4.30. The molecule has 0 atom stereocenters. The molecule has 4 rings (SSSR count). The molecule has 3 aromatic rings. The second kappa shape index (κ2) is 6.76. The molecule has 2 aromatic carbocycles. The molecule has 0 saturated heterocycles. The van der Waals surface area contributed by atoms with Crippen LogP contribution in [0.15, 0.2) is 53.6 Å². The predicted octanol–water partition coefficient (Wildman–Crippen LogP) is 3.02. The van der Waals surface area contributed by atoms with E-state index >= 15 is 0 Å². The first kappa shape index (κ1) is 16.5. The summed E-state index contributed by atoms with van der Waals surface area (Å²) in [6.45, 7) is 1.91. The number of carbonyl (C=O) groups is 2. The van der Waals surface area contributed by atoms with Crippen molar-refractivity contribution in [2.24, 2.45) is 0 Å². The largest absolute Gasteiger partial charge is 0.323 e. The van der Waals surface area contributed by atoms with E-state index in [-0.39, 0.29) is 24.1 Å². The predicted molar refractivity (Wildman–Crippen MR) is 102 cm³/mol. The Morgan fingerprint density at radius 2 is 1.81 bits per heavy atom. The van der Waals surface area contributed by atoms with Gasteiger partial charge in [0.05, 0.1) is 33.9 Å². The fourth-order valence-corrected chi connectivity index (χ4v) is 3.71. The molecule has 130 valence electrons. The molecule has 7 heteroatoms. The summed E-state index contributed by atoms with van der Waals surface area (Å²) in [5.74, 6) is -0.134. The number of nitrogens with zero attached hydrogens (tertiary/aromatic N) is 3.